The molecule has 16 heavy (non-hydrogen) atoms. The van der Waals surface area contributed by atoms with Gasteiger partial charge in [0, 0.05) is 11.6 Å². The van der Waals surface area contributed by atoms with Crippen molar-refractivity contribution in [1.82, 2.24) is 5.16 Å². The molecule has 0 spiro atoms. The first-order valence-corrected chi connectivity index (χ1v) is 4.25. The predicted molar refractivity (Wildman–Crippen MR) is 46.9 cm³/mol. The van der Waals surface area contributed by atoms with Crippen molar-refractivity contribution in [3.63, 3.8) is 0 Å². The van der Waals surface area contributed by atoms with Crippen LogP contribution in [0.3, 0.4) is 0 Å². The van der Waals surface area contributed by atoms with Crippen LogP contribution in [0.5, 0.6) is 0 Å². The average Bonchev–Trinajstić information content (AvgIpc) is 2.68. The van der Waals surface area contributed by atoms with Crippen molar-refractivity contribution in [3.05, 3.63) is 41.9 Å². The van der Waals surface area contributed by atoms with Gasteiger partial charge in [-0.2, -0.15) is 13.2 Å². The molecule has 0 unspecified atom stereocenters. The van der Waals surface area contributed by atoms with Gasteiger partial charge in [0.1, 0.15) is 17.8 Å². The van der Waals surface area contributed by atoms with Gasteiger partial charge in [-0.25, -0.2) is 4.39 Å². The zero-order valence-corrected chi connectivity index (χ0v) is 7.75. The highest BCUT2D eigenvalue weighted by atomic mass is 19.4. The topological polar surface area (TPSA) is 26.0 Å². The number of rotatable bonds is 1. The third-order valence-electron chi connectivity index (χ3n) is 1.96. The van der Waals surface area contributed by atoms with Gasteiger partial charge in [0.25, 0.3) is 0 Å². The van der Waals surface area contributed by atoms with Gasteiger partial charge in [-0.1, -0.05) is 5.16 Å². The molecule has 0 fully saturated rings. The fourth-order valence-electron chi connectivity index (χ4n) is 1.26. The van der Waals surface area contributed by atoms with Crippen LogP contribution in [-0.4, -0.2) is 5.16 Å². The number of nitrogens with zero attached hydrogens (tertiary/aromatic N) is 1. The monoisotopic (exact) mass is 231 g/mol. The lowest BCUT2D eigenvalue weighted by molar-refractivity contribution is -0.137. The standard InChI is InChI=1S/C10H5F4NO/c11-8-4-6(9-1-2-16-15-9)3-7(5-8)10(12,13)14/h1-5H. The first kappa shape index (κ1) is 10.7. The van der Waals surface area contributed by atoms with Crippen LogP contribution >= 0.6 is 0 Å². The highest BCUT2D eigenvalue weighted by Gasteiger charge is 2.31. The quantitative estimate of drug-likeness (QED) is 0.702. The Kier molecular flexibility index (Phi) is 2.41. The molecule has 1 heterocycles. The van der Waals surface area contributed by atoms with Crippen molar-refractivity contribution in [2.45, 2.75) is 6.18 Å². The van der Waals surface area contributed by atoms with E-state index in [0.29, 0.717) is 6.07 Å². The maximum Gasteiger partial charge on any atom is 0.416 e. The first-order chi connectivity index (χ1) is 7.47. The number of halogens is 4. The van der Waals surface area contributed by atoms with Crippen LogP contribution in [0.4, 0.5) is 17.6 Å². The van der Waals surface area contributed by atoms with E-state index in [2.05, 4.69) is 9.68 Å². The number of aromatic nitrogens is 1. The molecule has 0 amide bonds. The maximum absolute atomic E-state index is 13.0. The maximum atomic E-state index is 13.0. The molecule has 0 atom stereocenters. The molecule has 0 saturated heterocycles. The number of benzene rings is 1. The summed E-state index contributed by atoms with van der Waals surface area (Å²) in [6.45, 7) is 0. The summed E-state index contributed by atoms with van der Waals surface area (Å²) in [7, 11) is 0. The van der Waals surface area contributed by atoms with Gasteiger partial charge in [-0.3, -0.25) is 0 Å². The van der Waals surface area contributed by atoms with Gasteiger partial charge >= 0.3 is 6.18 Å². The van der Waals surface area contributed by atoms with Gasteiger partial charge in [-0.15, -0.1) is 0 Å². The van der Waals surface area contributed by atoms with Crippen molar-refractivity contribution in [2.24, 2.45) is 0 Å². The van der Waals surface area contributed by atoms with Crippen molar-refractivity contribution < 1.29 is 22.1 Å². The molecule has 6 heteroatoms. The van der Waals surface area contributed by atoms with Crippen LogP contribution in [-0.2, 0) is 6.18 Å². The Hall–Kier alpha value is -1.85. The van der Waals surface area contributed by atoms with E-state index in [1.807, 2.05) is 0 Å². The minimum atomic E-state index is -4.58. The third kappa shape index (κ3) is 2.05. The van der Waals surface area contributed by atoms with Gasteiger partial charge < -0.3 is 4.52 Å². The van der Waals surface area contributed by atoms with Crippen molar-refractivity contribution in [3.8, 4) is 11.3 Å². The van der Waals surface area contributed by atoms with E-state index in [-0.39, 0.29) is 11.3 Å². The van der Waals surface area contributed by atoms with Crippen LogP contribution in [0, 0.1) is 5.82 Å². The highest BCUT2D eigenvalue weighted by Crippen LogP contribution is 2.32. The second-order valence-corrected chi connectivity index (χ2v) is 3.11. The molecule has 0 aliphatic rings. The molecular formula is C10H5F4NO. The Morgan fingerprint density at radius 2 is 1.88 bits per heavy atom. The number of hydrogen-bond donors (Lipinski definition) is 0. The zero-order valence-electron chi connectivity index (χ0n) is 7.75. The largest absolute Gasteiger partial charge is 0.416 e. The van der Waals surface area contributed by atoms with Crippen LogP contribution in [0.25, 0.3) is 11.3 Å². The number of alkyl halides is 3. The Morgan fingerprint density at radius 1 is 1.12 bits per heavy atom. The fraction of sp³-hybridized carbons (Fsp3) is 0.100. The SMILES string of the molecule is Fc1cc(-c2ccon2)cc(C(F)(F)F)c1. The minimum absolute atomic E-state index is 0.0288. The van der Waals surface area contributed by atoms with Crippen molar-refractivity contribution >= 4 is 0 Å². The summed E-state index contributed by atoms with van der Waals surface area (Å²) in [6, 6.07) is 3.58. The number of hydrogen-bond acceptors (Lipinski definition) is 2. The molecule has 84 valence electrons. The van der Waals surface area contributed by atoms with Crippen molar-refractivity contribution in [1.29, 1.82) is 0 Å². The van der Waals surface area contributed by atoms with Gasteiger partial charge in [0.2, 0.25) is 0 Å². The molecule has 2 nitrogen and oxygen atoms in total. The van der Waals surface area contributed by atoms with Crippen LogP contribution in [0.2, 0.25) is 0 Å². The summed E-state index contributed by atoms with van der Waals surface area (Å²) in [4.78, 5) is 0. The van der Waals surface area contributed by atoms with Crippen LogP contribution < -0.4 is 0 Å². The molecule has 2 rings (SSSR count). The first-order valence-electron chi connectivity index (χ1n) is 4.25. The van der Waals surface area contributed by atoms with E-state index < -0.39 is 17.6 Å². The Morgan fingerprint density at radius 3 is 2.44 bits per heavy atom. The second-order valence-electron chi connectivity index (χ2n) is 3.11. The summed E-state index contributed by atoms with van der Waals surface area (Å²) in [6.07, 6.45) is -3.38. The predicted octanol–water partition coefficient (Wildman–Crippen LogP) is 3.50. The molecular weight excluding hydrogens is 226 g/mol. The highest BCUT2D eigenvalue weighted by molar-refractivity contribution is 5.59. The lowest BCUT2D eigenvalue weighted by Gasteiger charge is -2.07. The molecule has 0 radical (unpaired) electrons. The second kappa shape index (κ2) is 3.62. The van der Waals surface area contributed by atoms with Gasteiger partial charge in [0.15, 0.2) is 0 Å². The van der Waals surface area contributed by atoms with E-state index in [4.69, 9.17) is 0 Å². The van der Waals surface area contributed by atoms with Crippen LogP contribution in [0.15, 0.2) is 35.1 Å². The molecule has 1 aromatic carbocycles. The molecule has 0 aliphatic heterocycles. The lowest BCUT2D eigenvalue weighted by Crippen LogP contribution is -2.05. The Balaban J connectivity index is 2.53. The van der Waals surface area contributed by atoms with Crippen molar-refractivity contribution in [2.75, 3.05) is 0 Å². The van der Waals surface area contributed by atoms with Crippen LogP contribution in [0.1, 0.15) is 5.56 Å². The molecule has 0 aliphatic carbocycles. The fourth-order valence-corrected chi connectivity index (χ4v) is 1.26. The zero-order chi connectivity index (χ0) is 11.8. The Labute approximate surface area is 87.5 Å². The smallest absolute Gasteiger partial charge is 0.364 e. The van der Waals surface area contributed by atoms with Gasteiger partial charge in [0.05, 0.1) is 5.56 Å². The summed E-state index contributed by atoms with van der Waals surface area (Å²) in [5, 5.41) is 3.44. The molecule has 0 N–H and O–H groups in total. The minimum Gasteiger partial charge on any atom is -0.364 e. The van der Waals surface area contributed by atoms with Gasteiger partial charge in [-0.05, 0) is 18.2 Å². The molecule has 0 bridgehead atoms. The van der Waals surface area contributed by atoms with E-state index in [1.165, 1.54) is 12.3 Å². The average molecular weight is 231 g/mol. The third-order valence-corrected chi connectivity index (χ3v) is 1.96. The lowest BCUT2D eigenvalue weighted by atomic mass is 10.1. The summed E-state index contributed by atoms with van der Waals surface area (Å²) in [5.74, 6) is -0.965. The molecule has 2 aromatic rings. The van der Waals surface area contributed by atoms with E-state index in [9.17, 15) is 17.6 Å². The normalized spacial score (nSPS) is 11.8. The van der Waals surface area contributed by atoms with E-state index in [1.54, 1.807) is 0 Å². The Bertz CT molecular complexity index is 490. The summed E-state index contributed by atoms with van der Waals surface area (Å²) >= 11 is 0. The van der Waals surface area contributed by atoms with E-state index >= 15 is 0 Å². The summed E-state index contributed by atoms with van der Waals surface area (Å²) < 4.78 is 54.6. The molecule has 0 saturated carbocycles. The van der Waals surface area contributed by atoms with E-state index in [0.717, 1.165) is 12.1 Å². The summed E-state index contributed by atoms with van der Waals surface area (Å²) in [5.41, 5.74) is -0.864. The molecule has 1 aromatic heterocycles.